The summed E-state index contributed by atoms with van der Waals surface area (Å²) < 4.78 is 40.3. The van der Waals surface area contributed by atoms with Crippen molar-refractivity contribution in [1.82, 2.24) is 30.9 Å². The van der Waals surface area contributed by atoms with Gasteiger partial charge in [0.05, 0.1) is 64.7 Å². The van der Waals surface area contributed by atoms with Crippen LogP contribution in [0.2, 0.25) is 0 Å². The summed E-state index contributed by atoms with van der Waals surface area (Å²) in [7, 11) is 0. The molecule has 2 aliphatic rings. The number of ketones is 1. The fourth-order valence-electron chi connectivity index (χ4n) is 7.16. The number of fused-ring (bicyclic) bond motifs is 1. The molecule has 4 atom stereocenters. The standard InChI is InChI=1S/C49H73N7O13S/c1-47(2,3)67-44(60)38(53-46(62)69-49(7,8)9)29-40(57)35-27-33(16-17-37(35)52-45(61)68-48(4,5)6)13-12-20-66-31-34-30-56(55-54-34)19-22-64-24-26-65-25-23-63-21-18-50-42(58)15-11-10-14-41-36-28-43(59)51-39(36)32-70-41/h16-17,27,30,36,38-39,41H,10-11,14-15,18-26,28-29,31-32H2,1-9H3,(H,50,58)(H,51,59)(H,52,61)(H,53,62)/t36-,38-,39-,41-/m0/s1. The van der Waals surface area contributed by atoms with Gasteiger partial charge in [-0.05, 0) is 93.4 Å². The van der Waals surface area contributed by atoms with E-state index in [0.717, 1.165) is 25.0 Å². The molecular weight excluding hydrogens is 927 g/mol. The van der Waals surface area contributed by atoms with Crippen molar-refractivity contribution in [3.05, 3.63) is 41.2 Å². The molecule has 0 spiro atoms. The van der Waals surface area contributed by atoms with Crippen LogP contribution in [0.5, 0.6) is 0 Å². The molecule has 21 heteroatoms. The van der Waals surface area contributed by atoms with Gasteiger partial charge in [0, 0.05) is 59.9 Å². The number of carbonyl (C=O) groups excluding carboxylic acids is 6. The Morgan fingerprint density at radius 3 is 2.23 bits per heavy atom. The van der Waals surface area contributed by atoms with Crippen molar-refractivity contribution in [3.8, 4) is 11.8 Å². The van der Waals surface area contributed by atoms with Crippen molar-refractivity contribution < 1.29 is 61.9 Å². The molecule has 2 saturated heterocycles. The van der Waals surface area contributed by atoms with Gasteiger partial charge in [0.2, 0.25) is 11.8 Å². The Balaban J connectivity index is 1.12. The van der Waals surface area contributed by atoms with Crippen LogP contribution in [0.25, 0.3) is 0 Å². The van der Waals surface area contributed by atoms with Gasteiger partial charge in [0.1, 0.15) is 35.1 Å². The molecule has 20 nitrogen and oxygen atoms in total. The van der Waals surface area contributed by atoms with E-state index in [1.165, 1.54) is 12.1 Å². The van der Waals surface area contributed by atoms with Crippen LogP contribution in [0.4, 0.5) is 15.3 Å². The summed E-state index contributed by atoms with van der Waals surface area (Å²) in [6.07, 6.45) is 3.51. The maximum absolute atomic E-state index is 13.9. The number of carbonyl (C=O) groups is 6. The van der Waals surface area contributed by atoms with Crippen molar-refractivity contribution in [1.29, 1.82) is 0 Å². The Labute approximate surface area is 415 Å². The van der Waals surface area contributed by atoms with Crippen LogP contribution in [0, 0.1) is 17.8 Å². The Morgan fingerprint density at radius 2 is 1.53 bits per heavy atom. The summed E-state index contributed by atoms with van der Waals surface area (Å²) in [4.78, 5) is 76.4. The number of benzene rings is 1. The van der Waals surface area contributed by atoms with Crippen molar-refractivity contribution in [2.45, 2.75) is 148 Å². The molecule has 0 bridgehead atoms. The molecule has 4 amide bonds. The van der Waals surface area contributed by atoms with Gasteiger partial charge >= 0.3 is 18.2 Å². The van der Waals surface area contributed by atoms with E-state index < -0.39 is 53.2 Å². The second-order valence-electron chi connectivity index (χ2n) is 19.9. The van der Waals surface area contributed by atoms with Crippen LogP contribution in [0.3, 0.4) is 0 Å². The molecule has 1 aromatic heterocycles. The molecule has 0 unspecified atom stereocenters. The summed E-state index contributed by atoms with van der Waals surface area (Å²) in [5, 5.41) is 19.8. The Morgan fingerprint density at radius 1 is 0.857 bits per heavy atom. The van der Waals surface area contributed by atoms with Gasteiger partial charge in [-0.2, -0.15) is 11.8 Å². The molecule has 0 aliphatic carbocycles. The van der Waals surface area contributed by atoms with Crippen molar-refractivity contribution >= 4 is 53.2 Å². The van der Waals surface area contributed by atoms with Gasteiger partial charge in [0.15, 0.2) is 5.78 Å². The molecule has 1 aromatic carbocycles. The number of Topliss-reactive ketones (excluding diaryl/α,β-unsaturated/α-hetero) is 1. The molecule has 2 aromatic rings. The average Bonchev–Trinajstić information content (AvgIpc) is 3.97. The van der Waals surface area contributed by atoms with E-state index in [1.54, 1.807) is 79.3 Å². The number of hydrogen-bond donors (Lipinski definition) is 4. The summed E-state index contributed by atoms with van der Waals surface area (Å²) in [5.74, 6) is 6.05. The quantitative estimate of drug-likeness (QED) is 0.0305. The number of thioether (sulfide) groups is 1. The highest BCUT2D eigenvalue weighted by Crippen LogP contribution is 2.40. The minimum Gasteiger partial charge on any atom is -0.458 e. The zero-order chi connectivity index (χ0) is 51.3. The minimum atomic E-state index is -1.41. The Bertz CT molecular complexity index is 2120. The Hall–Kier alpha value is -5.27. The van der Waals surface area contributed by atoms with Crippen LogP contribution in [0.1, 0.15) is 122 Å². The molecule has 0 saturated carbocycles. The zero-order valence-corrected chi connectivity index (χ0v) is 43.0. The SMILES string of the molecule is CC(C)(C)OC(=O)Nc1ccc(C#CCOCc2cn(CCOCCOCCOCCNC(=O)CCCC[C@@H]3SC[C@@H]4NC(=O)C[C@@H]43)nn2)cc1C(=O)C[C@H](NC(=O)OC(C)(C)C)C(=O)OC(C)(C)C. The van der Waals surface area contributed by atoms with Crippen molar-refractivity contribution in [2.75, 3.05) is 63.9 Å². The maximum atomic E-state index is 13.9. The van der Waals surface area contributed by atoms with Gasteiger partial charge < -0.3 is 49.1 Å². The van der Waals surface area contributed by atoms with Crippen LogP contribution in [0.15, 0.2) is 24.4 Å². The lowest BCUT2D eigenvalue weighted by molar-refractivity contribution is -0.157. The summed E-state index contributed by atoms with van der Waals surface area (Å²) in [6, 6.07) is 3.49. The number of hydrogen-bond acceptors (Lipinski definition) is 16. The molecule has 2 aliphatic heterocycles. The van der Waals surface area contributed by atoms with E-state index >= 15 is 0 Å². The first-order valence-corrected chi connectivity index (χ1v) is 24.8. The minimum absolute atomic E-state index is 0.0178. The zero-order valence-electron chi connectivity index (χ0n) is 42.2. The number of alkyl carbamates (subject to hydrolysis) is 1. The number of rotatable bonds is 26. The van der Waals surface area contributed by atoms with E-state index in [0.29, 0.717) is 94.0 Å². The van der Waals surface area contributed by atoms with Gasteiger partial charge in [-0.15, -0.1) is 5.10 Å². The van der Waals surface area contributed by atoms with E-state index in [2.05, 4.69) is 43.4 Å². The fraction of sp³-hybridized carbons (Fsp3) is 0.673. The van der Waals surface area contributed by atoms with Crippen LogP contribution >= 0.6 is 11.8 Å². The number of anilines is 1. The fourth-order valence-corrected chi connectivity index (χ4v) is 8.81. The Kier molecular flexibility index (Phi) is 22.9. The van der Waals surface area contributed by atoms with E-state index in [4.69, 9.17) is 33.2 Å². The summed E-state index contributed by atoms with van der Waals surface area (Å²) in [5.41, 5.74) is -1.48. The van der Waals surface area contributed by atoms with E-state index in [9.17, 15) is 28.8 Å². The maximum Gasteiger partial charge on any atom is 0.412 e. The van der Waals surface area contributed by atoms with Crippen molar-refractivity contribution in [3.63, 3.8) is 0 Å². The molecule has 4 rings (SSSR count). The number of unbranched alkanes of at least 4 members (excludes halogenated alkanes) is 1. The highest BCUT2D eigenvalue weighted by Gasteiger charge is 2.42. The summed E-state index contributed by atoms with van der Waals surface area (Å²) in [6.45, 7) is 18.6. The molecule has 2 fully saturated rings. The van der Waals surface area contributed by atoms with Gasteiger partial charge in [-0.1, -0.05) is 23.5 Å². The second kappa shape index (κ2) is 27.9. The number of aromatic nitrogens is 3. The normalized spacial score (nSPS) is 17.1. The van der Waals surface area contributed by atoms with E-state index in [-0.39, 0.29) is 36.3 Å². The third-order valence-electron chi connectivity index (χ3n) is 10.1. The lowest BCUT2D eigenvalue weighted by Crippen LogP contribution is -2.47. The van der Waals surface area contributed by atoms with E-state index in [1.807, 2.05) is 11.8 Å². The molecule has 3 heterocycles. The topological polar surface area (TPSA) is 246 Å². The smallest absolute Gasteiger partial charge is 0.412 e. The predicted molar refractivity (Wildman–Crippen MR) is 261 cm³/mol. The average molecular weight is 1000 g/mol. The van der Waals surface area contributed by atoms with Crippen molar-refractivity contribution in [2.24, 2.45) is 5.92 Å². The number of amides is 4. The van der Waals surface area contributed by atoms with Crippen LogP contribution in [-0.4, -0.2) is 143 Å². The highest BCUT2D eigenvalue weighted by molar-refractivity contribution is 8.00. The second-order valence-corrected chi connectivity index (χ2v) is 21.1. The van der Waals surface area contributed by atoms with Gasteiger partial charge in [-0.25, -0.2) is 19.1 Å². The van der Waals surface area contributed by atoms with Crippen LogP contribution < -0.4 is 21.3 Å². The molecule has 4 N–H and O–H groups in total. The molecule has 70 heavy (non-hydrogen) atoms. The lowest BCUT2D eigenvalue weighted by atomic mass is 9.94. The largest absolute Gasteiger partial charge is 0.458 e. The first-order valence-electron chi connectivity index (χ1n) is 23.8. The third-order valence-corrected chi connectivity index (χ3v) is 11.7. The number of esters is 1. The number of ether oxygens (including phenoxy) is 7. The monoisotopic (exact) mass is 999 g/mol. The van der Waals surface area contributed by atoms with Crippen LogP contribution in [-0.2, 0) is 60.7 Å². The highest BCUT2D eigenvalue weighted by atomic mass is 32.2. The molecular formula is C49H73N7O13S. The molecule has 388 valence electrons. The van der Waals surface area contributed by atoms with Gasteiger partial charge in [0.25, 0.3) is 0 Å². The first kappa shape index (κ1) is 57.3. The van der Waals surface area contributed by atoms with Gasteiger partial charge in [-0.3, -0.25) is 19.7 Å². The molecule has 0 radical (unpaired) electrons. The number of nitrogens with one attached hydrogen (secondary N) is 4. The summed E-state index contributed by atoms with van der Waals surface area (Å²) >= 11 is 1.95. The first-order chi connectivity index (χ1) is 33.0. The lowest BCUT2D eigenvalue weighted by Gasteiger charge is -2.26. The predicted octanol–water partition coefficient (Wildman–Crippen LogP) is 5.35. The third kappa shape index (κ3) is 22.7. The number of nitrogens with zero attached hydrogens (tertiary/aromatic N) is 3.